The molecule has 1 unspecified atom stereocenters. The maximum atomic E-state index is 9.21. The molecule has 2 rings (SSSR count). The van der Waals surface area contributed by atoms with E-state index in [1.54, 1.807) is 0 Å². The van der Waals surface area contributed by atoms with Crippen molar-refractivity contribution < 1.29 is 5.11 Å². The van der Waals surface area contributed by atoms with Gasteiger partial charge >= 0.3 is 0 Å². The molecule has 2 N–H and O–H groups in total. The van der Waals surface area contributed by atoms with Crippen molar-refractivity contribution in [3.8, 4) is 0 Å². The van der Waals surface area contributed by atoms with Crippen LogP contribution in [0, 0.1) is 5.41 Å². The van der Waals surface area contributed by atoms with Crippen molar-refractivity contribution in [2.24, 2.45) is 5.41 Å². The Kier molecular flexibility index (Phi) is 2.63. The molecule has 2 heterocycles. The molecule has 0 aliphatic carbocycles. The molecule has 0 radical (unpaired) electrons. The highest BCUT2D eigenvalue weighted by Crippen LogP contribution is 2.43. The smallest absolute Gasteiger partial charge is 0.0590 e. The van der Waals surface area contributed by atoms with Crippen molar-refractivity contribution in [2.75, 3.05) is 24.7 Å². The second kappa shape index (κ2) is 3.56. The van der Waals surface area contributed by atoms with Gasteiger partial charge in [0.1, 0.15) is 0 Å². The van der Waals surface area contributed by atoms with Gasteiger partial charge < -0.3 is 10.4 Å². The monoisotopic (exact) mass is 187 g/mol. The molecule has 0 aromatic heterocycles. The Hall–Kier alpha value is 0.270. The summed E-state index contributed by atoms with van der Waals surface area (Å²) in [5.74, 6) is 2.58. The molecule has 0 bridgehead atoms. The summed E-state index contributed by atoms with van der Waals surface area (Å²) >= 11 is 2.06. The SMILES string of the molecule is OCC1NCCC12CCSCC2. The fraction of sp³-hybridized carbons (Fsp3) is 1.00. The number of rotatable bonds is 1. The molecule has 70 valence electrons. The van der Waals surface area contributed by atoms with Gasteiger partial charge in [0.2, 0.25) is 0 Å². The molecule has 0 aromatic rings. The zero-order chi connectivity index (χ0) is 8.44. The highest BCUT2D eigenvalue weighted by Gasteiger charge is 2.42. The van der Waals surface area contributed by atoms with Crippen LogP contribution in [0.25, 0.3) is 0 Å². The third-order valence-electron chi connectivity index (χ3n) is 3.42. The van der Waals surface area contributed by atoms with Gasteiger partial charge in [-0.15, -0.1) is 0 Å². The lowest BCUT2D eigenvalue weighted by molar-refractivity contribution is 0.147. The van der Waals surface area contributed by atoms with E-state index >= 15 is 0 Å². The highest BCUT2D eigenvalue weighted by atomic mass is 32.2. The van der Waals surface area contributed by atoms with E-state index < -0.39 is 0 Å². The van der Waals surface area contributed by atoms with E-state index in [1.807, 2.05) is 0 Å². The molecular formula is C9H17NOS. The Balaban J connectivity index is 2.05. The average Bonchev–Trinajstić information content (AvgIpc) is 2.49. The van der Waals surface area contributed by atoms with Gasteiger partial charge in [0.15, 0.2) is 0 Å². The molecule has 2 fully saturated rings. The van der Waals surface area contributed by atoms with Crippen molar-refractivity contribution in [3.05, 3.63) is 0 Å². The number of aliphatic hydroxyl groups excluding tert-OH is 1. The topological polar surface area (TPSA) is 32.3 Å². The van der Waals surface area contributed by atoms with E-state index in [0.29, 0.717) is 18.1 Å². The van der Waals surface area contributed by atoms with Crippen LogP contribution in [0.1, 0.15) is 19.3 Å². The summed E-state index contributed by atoms with van der Waals surface area (Å²) in [7, 11) is 0. The Morgan fingerprint density at radius 2 is 2.08 bits per heavy atom. The van der Waals surface area contributed by atoms with Crippen LogP contribution in [0.15, 0.2) is 0 Å². The minimum Gasteiger partial charge on any atom is -0.395 e. The third kappa shape index (κ3) is 1.38. The summed E-state index contributed by atoms with van der Waals surface area (Å²) < 4.78 is 0. The number of aliphatic hydroxyl groups is 1. The zero-order valence-electron chi connectivity index (χ0n) is 7.38. The molecule has 1 atom stereocenters. The molecular weight excluding hydrogens is 170 g/mol. The molecule has 12 heavy (non-hydrogen) atoms. The predicted octanol–water partition coefficient (Wildman–Crippen LogP) is 0.854. The minimum atomic E-state index is 0.324. The van der Waals surface area contributed by atoms with Crippen LogP contribution in [-0.4, -0.2) is 35.8 Å². The van der Waals surface area contributed by atoms with Crippen molar-refractivity contribution >= 4 is 11.8 Å². The standard InChI is InChI=1S/C9H17NOS/c11-7-8-9(1-4-10-8)2-5-12-6-3-9/h8,10-11H,1-7H2. The second-order valence-corrected chi connectivity index (χ2v) is 5.14. The summed E-state index contributed by atoms with van der Waals surface area (Å²) in [6, 6.07) is 0.387. The summed E-state index contributed by atoms with van der Waals surface area (Å²) in [5, 5.41) is 12.6. The van der Waals surface area contributed by atoms with Gasteiger partial charge in [-0.25, -0.2) is 0 Å². The molecule has 2 nitrogen and oxygen atoms in total. The second-order valence-electron chi connectivity index (χ2n) is 3.91. The van der Waals surface area contributed by atoms with Gasteiger partial charge in [-0.2, -0.15) is 11.8 Å². The van der Waals surface area contributed by atoms with Crippen molar-refractivity contribution in [3.63, 3.8) is 0 Å². The summed E-state index contributed by atoms with van der Waals surface area (Å²) in [4.78, 5) is 0. The number of nitrogens with one attached hydrogen (secondary N) is 1. The van der Waals surface area contributed by atoms with Crippen LogP contribution in [0.2, 0.25) is 0 Å². The van der Waals surface area contributed by atoms with Crippen LogP contribution in [0.5, 0.6) is 0 Å². The first-order valence-corrected chi connectivity index (χ1v) is 5.95. The van der Waals surface area contributed by atoms with Gasteiger partial charge in [-0.05, 0) is 42.7 Å². The first-order valence-electron chi connectivity index (χ1n) is 4.79. The molecule has 0 saturated carbocycles. The Morgan fingerprint density at radius 1 is 1.33 bits per heavy atom. The number of hydrogen-bond donors (Lipinski definition) is 2. The van der Waals surface area contributed by atoms with E-state index in [-0.39, 0.29) is 0 Å². The fourth-order valence-corrected chi connectivity index (χ4v) is 3.83. The van der Waals surface area contributed by atoms with E-state index in [0.717, 1.165) is 6.54 Å². The first kappa shape index (κ1) is 8.85. The lowest BCUT2D eigenvalue weighted by Gasteiger charge is -2.37. The molecule has 2 saturated heterocycles. The van der Waals surface area contributed by atoms with Crippen LogP contribution in [0.4, 0.5) is 0 Å². The van der Waals surface area contributed by atoms with Gasteiger partial charge in [-0.3, -0.25) is 0 Å². The lowest BCUT2D eigenvalue weighted by atomic mass is 9.75. The third-order valence-corrected chi connectivity index (χ3v) is 4.41. The largest absolute Gasteiger partial charge is 0.395 e. The first-order chi connectivity index (χ1) is 5.87. The molecule has 1 spiro atoms. The molecule has 0 aromatic carbocycles. The van der Waals surface area contributed by atoms with Gasteiger partial charge in [0, 0.05) is 6.04 Å². The van der Waals surface area contributed by atoms with Crippen LogP contribution in [0.3, 0.4) is 0 Å². The van der Waals surface area contributed by atoms with E-state index in [9.17, 15) is 5.11 Å². The van der Waals surface area contributed by atoms with Gasteiger partial charge in [0.25, 0.3) is 0 Å². The Labute approximate surface area is 78.1 Å². The van der Waals surface area contributed by atoms with Crippen LogP contribution >= 0.6 is 11.8 Å². The van der Waals surface area contributed by atoms with Crippen molar-refractivity contribution in [1.29, 1.82) is 0 Å². The molecule has 2 aliphatic rings. The van der Waals surface area contributed by atoms with Crippen LogP contribution in [-0.2, 0) is 0 Å². The quantitative estimate of drug-likeness (QED) is 0.638. The molecule has 0 amide bonds. The lowest BCUT2D eigenvalue weighted by Crippen LogP contribution is -2.41. The van der Waals surface area contributed by atoms with E-state index in [1.165, 1.54) is 30.8 Å². The zero-order valence-corrected chi connectivity index (χ0v) is 8.20. The van der Waals surface area contributed by atoms with Gasteiger partial charge in [-0.1, -0.05) is 0 Å². The normalized spacial score (nSPS) is 34.2. The van der Waals surface area contributed by atoms with E-state index in [2.05, 4.69) is 17.1 Å². The molecule has 3 heteroatoms. The summed E-state index contributed by atoms with van der Waals surface area (Å²) in [6.45, 7) is 1.43. The van der Waals surface area contributed by atoms with Crippen LogP contribution < -0.4 is 5.32 Å². The average molecular weight is 187 g/mol. The maximum Gasteiger partial charge on any atom is 0.0590 e. The molecule has 2 aliphatic heterocycles. The maximum absolute atomic E-state index is 9.21. The predicted molar refractivity (Wildman–Crippen MR) is 52.5 cm³/mol. The number of hydrogen-bond acceptors (Lipinski definition) is 3. The Bertz CT molecular complexity index is 157. The summed E-state index contributed by atoms with van der Waals surface area (Å²) in [5.41, 5.74) is 0.458. The van der Waals surface area contributed by atoms with E-state index in [4.69, 9.17) is 0 Å². The summed E-state index contributed by atoms with van der Waals surface area (Å²) in [6.07, 6.45) is 3.88. The fourth-order valence-electron chi connectivity index (χ4n) is 2.52. The highest BCUT2D eigenvalue weighted by molar-refractivity contribution is 7.99. The van der Waals surface area contributed by atoms with Crippen molar-refractivity contribution in [1.82, 2.24) is 5.32 Å². The minimum absolute atomic E-state index is 0.324. The Morgan fingerprint density at radius 3 is 2.75 bits per heavy atom. The van der Waals surface area contributed by atoms with Crippen molar-refractivity contribution in [2.45, 2.75) is 25.3 Å². The number of thioether (sulfide) groups is 1. The van der Waals surface area contributed by atoms with Gasteiger partial charge in [0.05, 0.1) is 6.61 Å².